The molecule has 1 aliphatic rings. The zero-order valence-corrected chi connectivity index (χ0v) is 13.9. The van der Waals surface area contributed by atoms with Crippen molar-refractivity contribution in [3.05, 3.63) is 18.3 Å². The lowest BCUT2D eigenvalue weighted by Gasteiger charge is -2.15. The molecule has 1 fully saturated rings. The summed E-state index contributed by atoms with van der Waals surface area (Å²) in [6, 6.07) is 3.01. The van der Waals surface area contributed by atoms with Crippen LogP contribution in [0.25, 0.3) is 0 Å². The van der Waals surface area contributed by atoms with E-state index in [1.165, 1.54) is 6.20 Å². The SMILES string of the molecule is COCCOc1ccc(NC(=O)NCCC(=O)N2CCCC2)cn1. The minimum atomic E-state index is -0.362. The Bertz CT molecular complexity index is 529. The molecule has 2 N–H and O–H groups in total. The van der Waals surface area contributed by atoms with Gasteiger partial charge in [-0.2, -0.15) is 0 Å². The van der Waals surface area contributed by atoms with Gasteiger partial charge in [-0.15, -0.1) is 0 Å². The Morgan fingerprint density at radius 2 is 2.04 bits per heavy atom. The van der Waals surface area contributed by atoms with Crippen molar-refractivity contribution in [1.82, 2.24) is 15.2 Å². The zero-order valence-electron chi connectivity index (χ0n) is 13.9. The maximum absolute atomic E-state index is 11.9. The molecule has 132 valence electrons. The van der Waals surface area contributed by atoms with Gasteiger partial charge in [0.2, 0.25) is 11.8 Å². The molecule has 0 unspecified atom stereocenters. The third-order valence-electron chi connectivity index (χ3n) is 3.61. The third kappa shape index (κ3) is 6.04. The Hall–Kier alpha value is -2.35. The van der Waals surface area contributed by atoms with Gasteiger partial charge in [-0.05, 0) is 18.9 Å². The molecule has 2 rings (SSSR count). The summed E-state index contributed by atoms with van der Waals surface area (Å²) in [5.41, 5.74) is 0.553. The highest BCUT2D eigenvalue weighted by Gasteiger charge is 2.17. The fourth-order valence-corrected chi connectivity index (χ4v) is 2.35. The number of hydrogen-bond acceptors (Lipinski definition) is 5. The summed E-state index contributed by atoms with van der Waals surface area (Å²) in [6.45, 7) is 2.87. The largest absolute Gasteiger partial charge is 0.475 e. The first-order chi connectivity index (χ1) is 11.7. The number of nitrogens with zero attached hydrogens (tertiary/aromatic N) is 2. The van der Waals surface area contributed by atoms with Gasteiger partial charge >= 0.3 is 6.03 Å². The molecule has 1 aliphatic heterocycles. The van der Waals surface area contributed by atoms with Crippen molar-refractivity contribution in [2.24, 2.45) is 0 Å². The second-order valence-electron chi connectivity index (χ2n) is 5.45. The van der Waals surface area contributed by atoms with Crippen molar-refractivity contribution >= 4 is 17.6 Å². The molecule has 8 nitrogen and oxygen atoms in total. The van der Waals surface area contributed by atoms with Crippen molar-refractivity contribution in [3.8, 4) is 5.88 Å². The molecule has 0 aliphatic carbocycles. The molecule has 1 aromatic rings. The van der Waals surface area contributed by atoms with Gasteiger partial charge in [0.15, 0.2) is 0 Å². The standard InChI is InChI=1S/C16H24N4O4/c1-23-10-11-24-14-5-4-13(12-18-14)19-16(22)17-7-6-15(21)20-8-2-3-9-20/h4-5,12H,2-3,6-11H2,1H3,(H2,17,19,22). The molecule has 0 aromatic carbocycles. The Labute approximate surface area is 141 Å². The van der Waals surface area contributed by atoms with Crippen LogP contribution in [0.2, 0.25) is 0 Å². The first kappa shape index (κ1) is 18.0. The molecule has 8 heteroatoms. The number of amides is 3. The van der Waals surface area contributed by atoms with E-state index < -0.39 is 0 Å². The van der Waals surface area contributed by atoms with Crippen LogP contribution in [0.1, 0.15) is 19.3 Å². The van der Waals surface area contributed by atoms with E-state index >= 15 is 0 Å². The lowest BCUT2D eigenvalue weighted by molar-refractivity contribution is -0.129. The lowest BCUT2D eigenvalue weighted by atomic mass is 10.3. The monoisotopic (exact) mass is 336 g/mol. The molecule has 0 radical (unpaired) electrons. The number of hydrogen-bond donors (Lipinski definition) is 2. The fourth-order valence-electron chi connectivity index (χ4n) is 2.35. The van der Waals surface area contributed by atoms with Crippen molar-refractivity contribution in [2.45, 2.75) is 19.3 Å². The normalized spacial score (nSPS) is 13.6. The van der Waals surface area contributed by atoms with E-state index in [1.807, 2.05) is 4.90 Å². The molecular weight excluding hydrogens is 312 g/mol. The van der Waals surface area contributed by atoms with Crippen LogP contribution < -0.4 is 15.4 Å². The molecule has 0 saturated carbocycles. The molecule has 24 heavy (non-hydrogen) atoms. The molecule has 0 atom stereocenters. The fraction of sp³-hybridized carbons (Fsp3) is 0.562. The summed E-state index contributed by atoms with van der Waals surface area (Å²) in [4.78, 5) is 29.6. The Kier molecular flexibility index (Phi) is 7.28. The van der Waals surface area contributed by atoms with Gasteiger partial charge in [-0.3, -0.25) is 4.79 Å². The summed E-state index contributed by atoms with van der Waals surface area (Å²) in [5, 5.41) is 5.33. The first-order valence-electron chi connectivity index (χ1n) is 8.09. The van der Waals surface area contributed by atoms with Crippen molar-refractivity contribution in [2.75, 3.05) is 45.3 Å². The van der Waals surface area contributed by atoms with Gasteiger partial charge in [0.05, 0.1) is 18.5 Å². The number of carbonyl (C=O) groups excluding carboxylic acids is 2. The van der Waals surface area contributed by atoms with E-state index in [2.05, 4.69) is 15.6 Å². The number of likely N-dealkylation sites (tertiary alicyclic amines) is 1. The number of rotatable bonds is 8. The van der Waals surface area contributed by atoms with Crippen LogP contribution in [-0.4, -0.2) is 61.8 Å². The number of methoxy groups -OCH3 is 1. The number of urea groups is 1. The molecule has 3 amide bonds. The molecule has 1 saturated heterocycles. The Balaban J connectivity index is 1.65. The molecular formula is C16H24N4O4. The molecule has 1 aromatic heterocycles. The highest BCUT2D eigenvalue weighted by molar-refractivity contribution is 5.89. The minimum absolute atomic E-state index is 0.0898. The maximum atomic E-state index is 11.9. The van der Waals surface area contributed by atoms with Crippen LogP contribution in [0.15, 0.2) is 18.3 Å². The minimum Gasteiger partial charge on any atom is -0.475 e. The molecule has 2 heterocycles. The van der Waals surface area contributed by atoms with Gasteiger partial charge in [0.1, 0.15) is 6.61 Å². The molecule has 0 bridgehead atoms. The average Bonchev–Trinajstić information content (AvgIpc) is 3.11. The number of carbonyl (C=O) groups is 2. The predicted octanol–water partition coefficient (Wildman–Crippen LogP) is 1.24. The Morgan fingerprint density at radius 1 is 1.25 bits per heavy atom. The van der Waals surface area contributed by atoms with Crippen molar-refractivity contribution in [3.63, 3.8) is 0 Å². The van der Waals surface area contributed by atoms with E-state index in [-0.39, 0.29) is 11.9 Å². The van der Waals surface area contributed by atoms with Gasteiger partial charge in [-0.25, -0.2) is 9.78 Å². The van der Waals surface area contributed by atoms with Crippen LogP contribution in [-0.2, 0) is 9.53 Å². The van der Waals surface area contributed by atoms with Crippen LogP contribution in [0.3, 0.4) is 0 Å². The highest BCUT2D eigenvalue weighted by atomic mass is 16.5. The second kappa shape index (κ2) is 9.71. The average molecular weight is 336 g/mol. The summed E-state index contributed by atoms with van der Waals surface area (Å²) in [7, 11) is 1.60. The number of aromatic nitrogens is 1. The van der Waals surface area contributed by atoms with E-state index in [9.17, 15) is 9.59 Å². The van der Waals surface area contributed by atoms with Crippen LogP contribution in [0.5, 0.6) is 5.88 Å². The summed E-state index contributed by atoms with van der Waals surface area (Å²) in [5.74, 6) is 0.557. The number of anilines is 1. The Morgan fingerprint density at radius 3 is 2.71 bits per heavy atom. The van der Waals surface area contributed by atoms with E-state index in [0.29, 0.717) is 37.7 Å². The van der Waals surface area contributed by atoms with Gasteiger partial charge in [0, 0.05) is 39.2 Å². The van der Waals surface area contributed by atoms with E-state index in [1.54, 1.807) is 19.2 Å². The van der Waals surface area contributed by atoms with Crippen LogP contribution in [0.4, 0.5) is 10.5 Å². The number of nitrogens with one attached hydrogen (secondary N) is 2. The van der Waals surface area contributed by atoms with Crippen molar-refractivity contribution in [1.29, 1.82) is 0 Å². The number of pyridine rings is 1. The van der Waals surface area contributed by atoms with Gasteiger partial charge in [-0.1, -0.05) is 0 Å². The van der Waals surface area contributed by atoms with Crippen molar-refractivity contribution < 1.29 is 19.1 Å². The summed E-state index contributed by atoms with van der Waals surface area (Å²) < 4.78 is 10.2. The lowest BCUT2D eigenvalue weighted by Crippen LogP contribution is -2.34. The van der Waals surface area contributed by atoms with Crippen LogP contribution >= 0.6 is 0 Å². The number of ether oxygens (including phenoxy) is 2. The van der Waals surface area contributed by atoms with Crippen LogP contribution in [0, 0.1) is 0 Å². The van der Waals surface area contributed by atoms with Gasteiger partial charge in [0.25, 0.3) is 0 Å². The summed E-state index contributed by atoms with van der Waals surface area (Å²) in [6.07, 6.45) is 3.96. The first-order valence-corrected chi connectivity index (χ1v) is 8.09. The topological polar surface area (TPSA) is 92.8 Å². The smallest absolute Gasteiger partial charge is 0.319 e. The highest BCUT2D eigenvalue weighted by Crippen LogP contribution is 2.11. The van der Waals surface area contributed by atoms with E-state index in [4.69, 9.17) is 9.47 Å². The third-order valence-corrected chi connectivity index (χ3v) is 3.61. The maximum Gasteiger partial charge on any atom is 0.319 e. The second-order valence-corrected chi connectivity index (χ2v) is 5.45. The van der Waals surface area contributed by atoms with Gasteiger partial charge < -0.3 is 25.0 Å². The molecule has 0 spiro atoms. The van der Waals surface area contributed by atoms with E-state index in [0.717, 1.165) is 25.9 Å². The zero-order chi connectivity index (χ0) is 17.2. The predicted molar refractivity (Wildman–Crippen MR) is 89.1 cm³/mol. The summed E-state index contributed by atoms with van der Waals surface area (Å²) >= 11 is 0. The quantitative estimate of drug-likeness (QED) is 0.697.